The summed E-state index contributed by atoms with van der Waals surface area (Å²) in [6.07, 6.45) is 0.0938. The van der Waals surface area contributed by atoms with Gasteiger partial charge in [-0.15, -0.1) is 10.2 Å². The van der Waals surface area contributed by atoms with Crippen LogP contribution in [0.1, 0.15) is 17.8 Å². The predicted octanol–water partition coefficient (Wildman–Crippen LogP) is -0.793. The van der Waals surface area contributed by atoms with Crippen molar-refractivity contribution in [2.75, 3.05) is 13.1 Å². The molecule has 0 bridgehead atoms. The van der Waals surface area contributed by atoms with Gasteiger partial charge in [0.2, 0.25) is 11.8 Å². The molecule has 1 aliphatic heterocycles. The van der Waals surface area contributed by atoms with E-state index in [4.69, 9.17) is 0 Å². The molecule has 3 rings (SSSR count). The van der Waals surface area contributed by atoms with E-state index in [1.54, 1.807) is 0 Å². The van der Waals surface area contributed by atoms with Crippen molar-refractivity contribution in [3.63, 3.8) is 0 Å². The van der Waals surface area contributed by atoms with Gasteiger partial charge in [0.25, 0.3) is 0 Å². The third kappa shape index (κ3) is 4.13. The molecule has 2 amide bonds. The summed E-state index contributed by atoms with van der Waals surface area (Å²) in [5.41, 5.74) is 1.12. The summed E-state index contributed by atoms with van der Waals surface area (Å²) in [7, 11) is 0. The standard InChI is InChI=1S/C15H19N7O2/c23-14(17-9-13-18-20-21-19-13)8-12-15(24)16-6-7-22(12)10-11-4-2-1-3-5-11/h1-5,12H,6-10H2,(H,16,24)(H,17,23)(H,18,19,20,21)/t12-/m1/s1. The Morgan fingerprint density at radius 1 is 1.33 bits per heavy atom. The number of hydrogen-bond acceptors (Lipinski definition) is 6. The lowest BCUT2D eigenvalue weighted by atomic mass is 10.1. The molecule has 0 spiro atoms. The van der Waals surface area contributed by atoms with Gasteiger partial charge in [-0.3, -0.25) is 14.5 Å². The zero-order valence-electron chi connectivity index (χ0n) is 13.1. The highest BCUT2D eigenvalue weighted by Gasteiger charge is 2.31. The molecule has 3 N–H and O–H groups in total. The largest absolute Gasteiger partial charge is 0.353 e. The quantitative estimate of drug-likeness (QED) is 0.639. The number of aromatic nitrogens is 4. The number of amides is 2. The number of tetrazole rings is 1. The van der Waals surface area contributed by atoms with Gasteiger partial charge in [-0.1, -0.05) is 35.5 Å². The van der Waals surface area contributed by atoms with Crippen LogP contribution >= 0.6 is 0 Å². The molecule has 1 aromatic heterocycles. The van der Waals surface area contributed by atoms with E-state index in [1.165, 1.54) is 0 Å². The number of hydrogen-bond donors (Lipinski definition) is 3. The van der Waals surface area contributed by atoms with E-state index in [-0.39, 0.29) is 24.8 Å². The maximum absolute atomic E-state index is 12.2. The minimum Gasteiger partial charge on any atom is -0.353 e. The highest BCUT2D eigenvalue weighted by Crippen LogP contribution is 2.13. The van der Waals surface area contributed by atoms with Gasteiger partial charge in [0.1, 0.15) is 0 Å². The van der Waals surface area contributed by atoms with E-state index < -0.39 is 6.04 Å². The van der Waals surface area contributed by atoms with Crippen LogP contribution in [0.3, 0.4) is 0 Å². The molecule has 0 unspecified atom stereocenters. The van der Waals surface area contributed by atoms with E-state index in [1.807, 2.05) is 35.2 Å². The Kier molecular flexibility index (Phi) is 5.12. The monoisotopic (exact) mass is 329 g/mol. The van der Waals surface area contributed by atoms with E-state index in [2.05, 4.69) is 31.3 Å². The molecule has 2 heterocycles. The molecule has 1 aliphatic rings. The molecule has 2 aromatic rings. The smallest absolute Gasteiger partial charge is 0.237 e. The first-order chi connectivity index (χ1) is 11.7. The van der Waals surface area contributed by atoms with Crippen molar-refractivity contribution >= 4 is 11.8 Å². The average Bonchev–Trinajstić information content (AvgIpc) is 3.11. The van der Waals surface area contributed by atoms with E-state index in [0.717, 1.165) is 5.56 Å². The normalized spacial score (nSPS) is 18.2. The minimum atomic E-state index is -0.482. The van der Waals surface area contributed by atoms with E-state index in [9.17, 15) is 9.59 Å². The summed E-state index contributed by atoms with van der Waals surface area (Å²) < 4.78 is 0. The third-order valence-electron chi connectivity index (χ3n) is 3.88. The van der Waals surface area contributed by atoms with Gasteiger partial charge in [-0.2, -0.15) is 5.21 Å². The zero-order chi connectivity index (χ0) is 16.8. The maximum atomic E-state index is 12.2. The predicted molar refractivity (Wildman–Crippen MR) is 84.3 cm³/mol. The van der Waals surface area contributed by atoms with Crippen molar-refractivity contribution in [1.82, 2.24) is 36.2 Å². The number of carbonyl (C=O) groups is 2. The Hall–Kier alpha value is -2.81. The molecule has 0 aliphatic carbocycles. The minimum absolute atomic E-state index is 0.0938. The van der Waals surface area contributed by atoms with Gasteiger partial charge in [-0.05, 0) is 5.56 Å². The highest BCUT2D eigenvalue weighted by atomic mass is 16.2. The first-order valence-electron chi connectivity index (χ1n) is 7.77. The molecule has 1 atom stereocenters. The van der Waals surface area contributed by atoms with Crippen LogP contribution in [-0.2, 0) is 22.7 Å². The molecule has 9 nitrogen and oxygen atoms in total. The molecule has 1 saturated heterocycles. The Balaban J connectivity index is 1.59. The summed E-state index contributed by atoms with van der Waals surface area (Å²) in [5, 5.41) is 18.8. The van der Waals surface area contributed by atoms with Crippen LogP contribution in [0.5, 0.6) is 0 Å². The molecule has 0 saturated carbocycles. The molecule has 126 valence electrons. The summed E-state index contributed by atoms with van der Waals surface area (Å²) in [6, 6.07) is 9.43. The summed E-state index contributed by atoms with van der Waals surface area (Å²) in [6.45, 7) is 2.12. The Labute approximate surface area is 138 Å². The third-order valence-corrected chi connectivity index (χ3v) is 3.88. The molecule has 9 heteroatoms. The van der Waals surface area contributed by atoms with Gasteiger partial charge in [0, 0.05) is 19.6 Å². The fourth-order valence-electron chi connectivity index (χ4n) is 2.67. The molecule has 24 heavy (non-hydrogen) atoms. The summed E-state index contributed by atoms with van der Waals surface area (Å²) >= 11 is 0. The topological polar surface area (TPSA) is 116 Å². The van der Waals surface area contributed by atoms with Gasteiger partial charge in [0.15, 0.2) is 5.82 Å². The fourth-order valence-corrected chi connectivity index (χ4v) is 2.67. The van der Waals surface area contributed by atoms with Crippen molar-refractivity contribution < 1.29 is 9.59 Å². The van der Waals surface area contributed by atoms with Crippen molar-refractivity contribution in [2.24, 2.45) is 0 Å². The Morgan fingerprint density at radius 2 is 2.17 bits per heavy atom. The molecule has 1 aromatic carbocycles. The lowest BCUT2D eigenvalue weighted by Gasteiger charge is -2.34. The number of piperazine rings is 1. The lowest BCUT2D eigenvalue weighted by molar-refractivity contribution is -0.134. The van der Waals surface area contributed by atoms with Crippen molar-refractivity contribution in [2.45, 2.75) is 25.6 Å². The van der Waals surface area contributed by atoms with Gasteiger partial charge < -0.3 is 10.6 Å². The number of carbonyl (C=O) groups excluding carboxylic acids is 2. The summed E-state index contributed by atoms with van der Waals surface area (Å²) in [5.74, 6) is 0.0596. The van der Waals surface area contributed by atoms with E-state index in [0.29, 0.717) is 25.5 Å². The second-order valence-corrected chi connectivity index (χ2v) is 5.57. The Bertz CT molecular complexity index is 674. The number of H-pyrrole nitrogens is 1. The first kappa shape index (κ1) is 16.1. The van der Waals surface area contributed by atoms with Gasteiger partial charge >= 0.3 is 0 Å². The first-order valence-corrected chi connectivity index (χ1v) is 7.77. The molecular formula is C15H19N7O2. The van der Waals surface area contributed by atoms with Crippen molar-refractivity contribution in [1.29, 1.82) is 0 Å². The number of nitrogens with one attached hydrogen (secondary N) is 3. The van der Waals surface area contributed by atoms with Gasteiger partial charge in [-0.25, -0.2) is 0 Å². The SMILES string of the molecule is O=C(C[C@@H]1C(=O)NCCN1Cc1ccccc1)NCc1nn[nH]n1. The lowest BCUT2D eigenvalue weighted by Crippen LogP contribution is -2.56. The number of rotatable bonds is 6. The van der Waals surface area contributed by atoms with Gasteiger partial charge in [0.05, 0.1) is 19.0 Å². The van der Waals surface area contributed by atoms with Crippen LogP contribution in [0.25, 0.3) is 0 Å². The average molecular weight is 329 g/mol. The molecular weight excluding hydrogens is 310 g/mol. The van der Waals surface area contributed by atoms with Crippen LogP contribution < -0.4 is 10.6 Å². The zero-order valence-corrected chi connectivity index (χ0v) is 13.1. The second kappa shape index (κ2) is 7.64. The summed E-state index contributed by atoms with van der Waals surface area (Å²) in [4.78, 5) is 26.4. The van der Waals surface area contributed by atoms with Crippen molar-refractivity contribution in [3.05, 3.63) is 41.7 Å². The molecule has 0 radical (unpaired) electrons. The van der Waals surface area contributed by atoms with Crippen LogP contribution in [0.2, 0.25) is 0 Å². The van der Waals surface area contributed by atoms with Crippen LogP contribution in [0.15, 0.2) is 30.3 Å². The highest BCUT2D eigenvalue weighted by molar-refractivity contribution is 5.88. The van der Waals surface area contributed by atoms with Crippen molar-refractivity contribution in [3.8, 4) is 0 Å². The number of nitrogens with zero attached hydrogens (tertiary/aromatic N) is 4. The van der Waals surface area contributed by atoms with Crippen LogP contribution in [0.4, 0.5) is 0 Å². The Morgan fingerprint density at radius 3 is 2.92 bits per heavy atom. The fraction of sp³-hybridized carbons (Fsp3) is 0.400. The second-order valence-electron chi connectivity index (χ2n) is 5.57. The number of aromatic amines is 1. The van der Waals surface area contributed by atoms with Crippen LogP contribution in [0, 0.1) is 0 Å². The van der Waals surface area contributed by atoms with E-state index >= 15 is 0 Å². The molecule has 1 fully saturated rings. The maximum Gasteiger partial charge on any atom is 0.237 e. The van der Waals surface area contributed by atoms with Crippen LogP contribution in [-0.4, -0.2) is 56.5 Å². The number of benzene rings is 1.